The van der Waals surface area contributed by atoms with Crippen molar-refractivity contribution in [2.75, 3.05) is 0 Å². The van der Waals surface area contributed by atoms with Gasteiger partial charge in [0.2, 0.25) is 5.88 Å². The smallest absolute Gasteiger partial charge is 0.388 e. The molecule has 0 amide bonds. The predicted octanol–water partition coefficient (Wildman–Crippen LogP) is 2.72. The lowest BCUT2D eigenvalue weighted by molar-refractivity contribution is -0.0528. The molecular weight excluding hydrogens is 176 g/mol. The zero-order valence-corrected chi connectivity index (χ0v) is 7.13. The Morgan fingerprint density at radius 2 is 2.23 bits per heavy atom. The van der Waals surface area contributed by atoms with Crippen LogP contribution in [0.3, 0.4) is 0 Å². The third-order valence-electron chi connectivity index (χ3n) is 1.44. The number of alkyl halides is 2. The van der Waals surface area contributed by atoms with Gasteiger partial charge < -0.3 is 4.74 Å². The van der Waals surface area contributed by atoms with Gasteiger partial charge in [-0.3, -0.25) is 0 Å². The zero-order chi connectivity index (χ0) is 9.84. The van der Waals surface area contributed by atoms with Crippen LogP contribution in [0, 0.1) is 0 Å². The van der Waals surface area contributed by atoms with Gasteiger partial charge in [-0.1, -0.05) is 6.58 Å². The van der Waals surface area contributed by atoms with Crippen LogP contribution < -0.4 is 4.74 Å². The van der Waals surface area contributed by atoms with Gasteiger partial charge in [0.1, 0.15) is 0 Å². The van der Waals surface area contributed by atoms with Crippen molar-refractivity contribution in [3.8, 4) is 5.88 Å². The zero-order valence-electron chi connectivity index (χ0n) is 7.13. The van der Waals surface area contributed by atoms with E-state index in [0.717, 1.165) is 11.1 Å². The van der Waals surface area contributed by atoms with Gasteiger partial charge in [-0.05, 0) is 24.1 Å². The first-order valence-electron chi connectivity index (χ1n) is 3.66. The molecule has 13 heavy (non-hydrogen) atoms. The highest BCUT2D eigenvalue weighted by Crippen LogP contribution is 2.14. The lowest BCUT2D eigenvalue weighted by Gasteiger charge is -2.03. The molecule has 70 valence electrons. The summed E-state index contributed by atoms with van der Waals surface area (Å²) in [5, 5.41) is 0. The summed E-state index contributed by atoms with van der Waals surface area (Å²) >= 11 is 0. The molecule has 4 heteroatoms. The summed E-state index contributed by atoms with van der Waals surface area (Å²) in [7, 11) is 0. The van der Waals surface area contributed by atoms with Crippen LogP contribution >= 0.6 is 0 Å². The number of ether oxygens (including phenoxy) is 1. The third-order valence-corrected chi connectivity index (χ3v) is 1.44. The molecule has 0 radical (unpaired) electrons. The first-order valence-corrected chi connectivity index (χ1v) is 3.66. The third kappa shape index (κ3) is 2.82. The van der Waals surface area contributed by atoms with Crippen molar-refractivity contribution in [1.29, 1.82) is 0 Å². The second kappa shape index (κ2) is 3.98. The van der Waals surface area contributed by atoms with E-state index >= 15 is 0 Å². The number of rotatable bonds is 3. The number of pyridine rings is 1. The van der Waals surface area contributed by atoms with E-state index in [-0.39, 0.29) is 5.88 Å². The molecule has 1 aromatic heterocycles. The first-order chi connectivity index (χ1) is 6.09. The second-order valence-electron chi connectivity index (χ2n) is 2.54. The summed E-state index contributed by atoms with van der Waals surface area (Å²) in [6.45, 7) is 2.67. The van der Waals surface area contributed by atoms with E-state index in [0.29, 0.717) is 0 Å². The van der Waals surface area contributed by atoms with Crippen LogP contribution in [0.5, 0.6) is 5.88 Å². The van der Waals surface area contributed by atoms with E-state index in [2.05, 4.69) is 16.3 Å². The highest BCUT2D eigenvalue weighted by Gasteiger charge is 2.04. The van der Waals surface area contributed by atoms with Crippen LogP contribution in [0.4, 0.5) is 8.78 Å². The summed E-state index contributed by atoms with van der Waals surface area (Å²) < 4.78 is 27.5. The van der Waals surface area contributed by atoms with E-state index in [1.54, 1.807) is 6.07 Å². The number of nitrogens with zero attached hydrogens (tertiary/aromatic N) is 1. The number of halogens is 2. The average molecular weight is 185 g/mol. The van der Waals surface area contributed by atoms with Crippen molar-refractivity contribution in [1.82, 2.24) is 4.98 Å². The molecule has 0 atom stereocenters. The summed E-state index contributed by atoms with van der Waals surface area (Å²) in [4.78, 5) is 3.68. The number of aromatic nitrogens is 1. The minimum atomic E-state index is -2.83. The van der Waals surface area contributed by atoms with Gasteiger partial charge >= 0.3 is 6.61 Å². The summed E-state index contributed by atoms with van der Waals surface area (Å²) in [5.74, 6) is -0.0833. The molecule has 1 heterocycles. The molecule has 0 aromatic carbocycles. The molecule has 0 aliphatic carbocycles. The van der Waals surface area contributed by atoms with Gasteiger partial charge in [-0.15, -0.1) is 0 Å². The van der Waals surface area contributed by atoms with Gasteiger partial charge in [0, 0.05) is 12.3 Å². The van der Waals surface area contributed by atoms with Gasteiger partial charge in [0.25, 0.3) is 0 Å². The standard InChI is InChI=1S/C9H9F2NO/c1-6(2)7-3-4-8(12-5-7)13-9(10)11/h3-5,9H,1H2,2H3. The average Bonchev–Trinajstić information content (AvgIpc) is 2.04. The van der Waals surface area contributed by atoms with Crippen molar-refractivity contribution in [3.05, 3.63) is 30.5 Å². The lowest BCUT2D eigenvalue weighted by Crippen LogP contribution is -2.03. The Morgan fingerprint density at radius 1 is 1.54 bits per heavy atom. The monoisotopic (exact) mass is 185 g/mol. The summed E-state index contributed by atoms with van der Waals surface area (Å²) in [6.07, 6.45) is 1.44. The quantitative estimate of drug-likeness (QED) is 0.722. The Hall–Kier alpha value is -1.45. The van der Waals surface area contributed by atoms with Gasteiger partial charge in [-0.25, -0.2) is 4.98 Å². The molecule has 0 saturated heterocycles. The van der Waals surface area contributed by atoms with Crippen molar-refractivity contribution >= 4 is 5.57 Å². The maximum Gasteiger partial charge on any atom is 0.388 e. The van der Waals surface area contributed by atoms with Crippen LogP contribution in [0.25, 0.3) is 5.57 Å². The topological polar surface area (TPSA) is 22.1 Å². The van der Waals surface area contributed by atoms with Crippen LogP contribution in [-0.2, 0) is 0 Å². The van der Waals surface area contributed by atoms with Gasteiger partial charge in [0.05, 0.1) is 0 Å². The Kier molecular flexibility index (Phi) is 2.95. The molecular formula is C9H9F2NO. The Bertz CT molecular complexity index is 295. The molecule has 2 nitrogen and oxygen atoms in total. The van der Waals surface area contributed by atoms with Gasteiger partial charge in [0.15, 0.2) is 0 Å². The van der Waals surface area contributed by atoms with Crippen molar-refractivity contribution < 1.29 is 13.5 Å². The molecule has 0 bridgehead atoms. The Labute approximate surface area is 74.9 Å². The number of hydrogen-bond acceptors (Lipinski definition) is 2. The van der Waals surface area contributed by atoms with Gasteiger partial charge in [-0.2, -0.15) is 8.78 Å². The fourth-order valence-corrected chi connectivity index (χ4v) is 0.794. The molecule has 0 saturated carbocycles. The van der Waals surface area contributed by atoms with Crippen LogP contribution in [0.15, 0.2) is 24.9 Å². The summed E-state index contributed by atoms with van der Waals surface area (Å²) in [6, 6.07) is 3.02. The fraction of sp³-hybridized carbons (Fsp3) is 0.222. The number of allylic oxidation sites excluding steroid dienone is 1. The fourth-order valence-electron chi connectivity index (χ4n) is 0.794. The van der Waals surface area contributed by atoms with Crippen molar-refractivity contribution in [2.45, 2.75) is 13.5 Å². The summed E-state index contributed by atoms with van der Waals surface area (Å²) in [5.41, 5.74) is 1.64. The van der Waals surface area contributed by atoms with E-state index in [9.17, 15) is 8.78 Å². The predicted molar refractivity (Wildman–Crippen MR) is 45.6 cm³/mol. The maximum atomic E-state index is 11.7. The van der Waals surface area contributed by atoms with E-state index < -0.39 is 6.61 Å². The molecule has 0 fully saturated rings. The molecule has 1 aromatic rings. The number of hydrogen-bond donors (Lipinski definition) is 0. The van der Waals surface area contributed by atoms with E-state index in [1.807, 2.05) is 6.92 Å². The van der Waals surface area contributed by atoms with Crippen molar-refractivity contribution in [3.63, 3.8) is 0 Å². The highest BCUT2D eigenvalue weighted by atomic mass is 19.3. The molecule has 1 rings (SSSR count). The first kappa shape index (κ1) is 9.64. The minimum absolute atomic E-state index is 0.0833. The molecule has 0 aliphatic rings. The highest BCUT2D eigenvalue weighted by molar-refractivity contribution is 5.60. The van der Waals surface area contributed by atoms with Crippen molar-refractivity contribution in [2.24, 2.45) is 0 Å². The van der Waals surface area contributed by atoms with E-state index in [1.165, 1.54) is 12.3 Å². The maximum absolute atomic E-state index is 11.7. The molecule has 0 N–H and O–H groups in total. The lowest BCUT2D eigenvalue weighted by atomic mass is 10.2. The normalized spacial score (nSPS) is 10.2. The van der Waals surface area contributed by atoms with E-state index in [4.69, 9.17) is 0 Å². The van der Waals surface area contributed by atoms with Crippen LogP contribution in [0.2, 0.25) is 0 Å². The molecule has 0 spiro atoms. The largest absolute Gasteiger partial charge is 0.417 e. The second-order valence-corrected chi connectivity index (χ2v) is 2.54. The molecule has 0 unspecified atom stereocenters. The SMILES string of the molecule is C=C(C)c1ccc(OC(F)F)nc1. The molecule has 0 aliphatic heterocycles. The van der Waals surface area contributed by atoms with Crippen LogP contribution in [0.1, 0.15) is 12.5 Å². The minimum Gasteiger partial charge on any atom is -0.417 e. The van der Waals surface area contributed by atoms with Crippen LogP contribution in [-0.4, -0.2) is 11.6 Å². The Balaban J connectivity index is 2.75. The Morgan fingerprint density at radius 3 is 2.62 bits per heavy atom.